The Labute approximate surface area is 127 Å². The summed E-state index contributed by atoms with van der Waals surface area (Å²) in [5, 5.41) is 7.85. The number of hydrogen-bond donors (Lipinski definition) is 1. The smallest absolute Gasteiger partial charge is 0.245 e. The fraction of sp³-hybridized carbons (Fsp3) is 0.133. The van der Waals surface area contributed by atoms with Crippen LogP contribution in [0.1, 0.15) is 17.4 Å². The number of benzene rings is 1. The first kappa shape index (κ1) is 13.6. The molecule has 0 saturated heterocycles. The minimum Gasteiger partial charge on any atom is -0.376 e. The molecule has 0 spiro atoms. The molecule has 1 aromatic carbocycles. The van der Waals surface area contributed by atoms with Crippen LogP contribution < -0.4 is 5.32 Å². The quantitative estimate of drug-likeness (QED) is 0.783. The molecule has 0 fully saturated rings. The number of aromatic nitrogens is 3. The molecule has 0 atom stereocenters. The number of pyridine rings is 1. The van der Waals surface area contributed by atoms with Crippen molar-refractivity contribution in [2.45, 2.75) is 13.0 Å². The molecule has 1 N–H and O–H groups in total. The molecule has 0 aliphatic heterocycles. The van der Waals surface area contributed by atoms with Gasteiger partial charge in [-0.1, -0.05) is 22.8 Å². The Balaban J connectivity index is 1.59. The summed E-state index contributed by atoms with van der Waals surface area (Å²) in [4.78, 5) is 8.57. The van der Waals surface area contributed by atoms with E-state index in [1.807, 2.05) is 42.5 Å². The van der Waals surface area contributed by atoms with Gasteiger partial charge in [0.25, 0.3) is 0 Å². The minimum atomic E-state index is 0.469. The summed E-state index contributed by atoms with van der Waals surface area (Å²) in [5.74, 6) is 1.16. The van der Waals surface area contributed by atoms with Crippen LogP contribution in [0.15, 0.2) is 53.2 Å². The molecule has 0 radical (unpaired) electrons. The van der Waals surface area contributed by atoms with E-state index < -0.39 is 0 Å². The number of halogens is 1. The second-order valence-corrected chi connectivity index (χ2v) is 4.90. The van der Waals surface area contributed by atoms with E-state index in [-0.39, 0.29) is 0 Å². The molecule has 0 aliphatic rings. The molecule has 106 valence electrons. The molecule has 0 aliphatic carbocycles. The van der Waals surface area contributed by atoms with Crippen molar-refractivity contribution in [3.63, 3.8) is 0 Å². The summed E-state index contributed by atoms with van der Waals surface area (Å²) in [6.07, 6.45) is 2.31. The lowest BCUT2D eigenvalue weighted by molar-refractivity contribution is 0.378. The molecule has 0 bridgehead atoms. The van der Waals surface area contributed by atoms with E-state index in [2.05, 4.69) is 20.4 Å². The van der Waals surface area contributed by atoms with E-state index in [1.165, 1.54) is 0 Å². The van der Waals surface area contributed by atoms with Crippen LogP contribution in [0.2, 0.25) is 5.02 Å². The molecular formula is C15H13ClN4O. The maximum atomic E-state index is 5.83. The fourth-order valence-electron chi connectivity index (χ4n) is 1.84. The second-order valence-electron chi connectivity index (χ2n) is 4.46. The van der Waals surface area contributed by atoms with Gasteiger partial charge >= 0.3 is 0 Å². The van der Waals surface area contributed by atoms with Gasteiger partial charge < -0.3 is 9.84 Å². The van der Waals surface area contributed by atoms with E-state index in [9.17, 15) is 0 Å². The first-order valence-electron chi connectivity index (χ1n) is 6.50. The Morgan fingerprint density at radius 2 is 1.95 bits per heavy atom. The van der Waals surface area contributed by atoms with Crippen LogP contribution in [0.4, 0.5) is 5.69 Å². The van der Waals surface area contributed by atoms with Crippen LogP contribution in [0.5, 0.6) is 0 Å². The molecule has 0 unspecified atom stereocenters. The minimum absolute atomic E-state index is 0.469. The fourth-order valence-corrected chi connectivity index (χ4v) is 1.97. The summed E-state index contributed by atoms with van der Waals surface area (Å²) < 4.78 is 5.20. The highest BCUT2D eigenvalue weighted by Gasteiger charge is 2.07. The molecule has 0 amide bonds. The van der Waals surface area contributed by atoms with Crippen LogP contribution in [-0.4, -0.2) is 15.1 Å². The first-order chi connectivity index (χ1) is 10.3. The number of rotatable bonds is 5. The van der Waals surface area contributed by atoms with Gasteiger partial charge in [-0.3, -0.25) is 4.98 Å². The van der Waals surface area contributed by atoms with Crippen molar-refractivity contribution in [3.8, 4) is 0 Å². The molecule has 3 aromatic rings. The lowest BCUT2D eigenvalue weighted by Gasteiger charge is -2.02. The molecule has 6 heteroatoms. The number of hydrogen-bond acceptors (Lipinski definition) is 5. The van der Waals surface area contributed by atoms with Gasteiger partial charge in [-0.25, -0.2) is 0 Å². The Bertz CT molecular complexity index is 697. The van der Waals surface area contributed by atoms with Crippen molar-refractivity contribution in [1.29, 1.82) is 0 Å². The highest BCUT2D eigenvalue weighted by molar-refractivity contribution is 6.30. The van der Waals surface area contributed by atoms with Gasteiger partial charge in [-0.05, 0) is 36.4 Å². The molecule has 3 rings (SSSR count). The van der Waals surface area contributed by atoms with Crippen LogP contribution in [0.3, 0.4) is 0 Å². The van der Waals surface area contributed by atoms with Gasteiger partial charge in [0.1, 0.15) is 0 Å². The molecule has 2 heterocycles. The zero-order chi connectivity index (χ0) is 14.5. The maximum absolute atomic E-state index is 5.83. The van der Waals surface area contributed by atoms with E-state index in [1.54, 1.807) is 6.20 Å². The molecule has 21 heavy (non-hydrogen) atoms. The van der Waals surface area contributed by atoms with Crippen molar-refractivity contribution in [3.05, 3.63) is 71.1 Å². The average molecular weight is 301 g/mol. The lowest BCUT2D eigenvalue weighted by Crippen LogP contribution is -2.00. The standard InChI is InChI=1S/C15H13ClN4O/c16-11-4-6-12(7-5-11)18-10-15-19-14(20-21-15)9-13-3-1-2-8-17-13/h1-8,18H,9-10H2. The maximum Gasteiger partial charge on any atom is 0.245 e. The number of nitrogens with one attached hydrogen (secondary N) is 1. The van der Waals surface area contributed by atoms with E-state index >= 15 is 0 Å². The zero-order valence-electron chi connectivity index (χ0n) is 11.2. The highest BCUT2D eigenvalue weighted by Crippen LogP contribution is 2.14. The predicted molar refractivity (Wildman–Crippen MR) is 80.1 cm³/mol. The summed E-state index contributed by atoms with van der Waals surface area (Å²) in [5.41, 5.74) is 1.86. The van der Waals surface area contributed by atoms with Gasteiger partial charge in [-0.15, -0.1) is 0 Å². The Morgan fingerprint density at radius 3 is 2.71 bits per heavy atom. The highest BCUT2D eigenvalue weighted by atomic mass is 35.5. The molecule has 2 aromatic heterocycles. The van der Waals surface area contributed by atoms with Gasteiger partial charge in [0, 0.05) is 22.6 Å². The van der Waals surface area contributed by atoms with E-state index in [4.69, 9.17) is 16.1 Å². The zero-order valence-corrected chi connectivity index (χ0v) is 11.9. The van der Waals surface area contributed by atoms with Crippen LogP contribution in [0, 0.1) is 0 Å². The van der Waals surface area contributed by atoms with Crippen LogP contribution >= 0.6 is 11.6 Å². The normalized spacial score (nSPS) is 10.5. The topological polar surface area (TPSA) is 63.8 Å². The van der Waals surface area contributed by atoms with Gasteiger partial charge in [0.2, 0.25) is 5.89 Å². The predicted octanol–water partition coefficient (Wildman–Crippen LogP) is 3.32. The third-order valence-corrected chi connectivity index (χ3v) is 3.12. The average Bonchev–Trinajstić information content (AvgIpc) is 2.95. The lowest BCUT2D eigenvalue weighted by atomic mass is 10.2. The Hall–Kier alpha value is -2.40. The largest absolute Gasteiger partial charge is 0.376 e. The van der Waals surface area contributed by atoms with Gasteiger partial charge in [0.05, 0.1) is 13.0 Å². The molecule has 0 saturated carbocycles. The molecular weight excluding hydrogens is 288 g/mol. The SMILES string of the molecule is Clc1ccc(NCc2nc(Cc3ccccn3)no2)cc1. The van der Waals surface area contributed by atoms with Crippen molar-refractivity contribution in [1.82, 2.24) is 15.1 Å². The van der Waals surface area contributed by atoms with Crippen molar-refractivity contribution in [2.24, 2.45) is 0 Å². The van der Waals surface area contributed by atoms with Crippen LogP contribution in [0.25, 0.3) is 0 Å². The summed E-state index contributed by atoms with van der Waals surface area (Å²) >= 11 is 5.83. The third kappa shape index (κ3) is 3.79. The van der Waals surface area contributed by atoms with Gasteiger partial charge in [0.15, 0.2) is 5.82 Å². The number of anilines is 1. The third-order valence-electron chi connectivity index (χ3n) is 2.86. The Kier molecular flexibility index (Phi) is 4.12. The number of nitrogens with zero attached hydrogens (tertiary/aromatic N) is 3. The van der Waals surface area contributed by atoms with Crippen molar-refractivity contribution in [2.75, 3.05) is 5.32 Å². The second kappa shape index (κ2) is 6.37. The van der Waals surface area contributed by atoms with Crippen LogP contribution in [-0.2, 0) is 13.0 Å². The molecule has 5 nitrogen and oxygen atoms in total. The van der Waals surface area contributed by atoms with E-state index in [0.29, 0.717) is 29.7 Å². The van der Waals surface area contributed by atoms with Crippen molar-refractivity contribution < 1.29 is 4.52 Å². The summed E-state index contributed by atoms with van der Waals surface area (Å²) in [7, 11) is 0. The summed E-state index contributed by atoms with van der Waals surface area (Å²) in [6.45, 7) is 0.469. The Morgan fingerprint density at radius 1 is 1.10 bits per heavy atom. The van der Waals surface area contributed by atoms with E-state index in [0.717, 1.165) is 11.4 Å². The van der Waals surface area contributed by atoms with Gasteiger partial charge in [-0.2, -0.15) is 4.98 Å². The first-order valence-corrected chi connectivity index (χ1v) is 6.88. The monoisotopic (exact) mass is 300 g/mol. The summed E-state index contributed by atoms with van der Waals surface area (Å²) in [6, 6.07) is 13.2. The van der Waals surface area contributed by atoms with Crippen molar-refractivity contribution >= 4 is 17.3 Å².